The fraction of sp³-hybridized carbons (Fsp3) is 0.133. The summed E-state index contributed by atoms with van der Waals surface area (Å²) in [4.78, 5) is 16.3. The number of hydrogen-bond acceptors (Lipinski definition) is 3. The highest BCUT2D eigenvalue weighted by molar-refractivity contribution is 7.13. The maximum absolute atomic E-state index is 12.6. The summed E-state index contributed by atoms with van der Waals surface area (Å²) in [6.07, 6.45) is 1.72. The molecule has 0 saturated heterocycles. The van der Waals surface area contributed by atoms with Gasteiger partial charge in [-0.1, -0.05) is 11.6 Å². The molecular weight excluding hydrogens is 294 g/mol. The van der Waals surface area contributed by atoms with Crippen molar-refractivity contribution in [3.05, 3.63) is 50.8 Å². The third-order valence-electron chi connectivity index (χ3n) is 3.24. The second-order valence-electron chi connectivity index (χ2n) is 4.50. The van der Waals surface area contributed by atoms with Gasteiger partial charge in [-0.2, -0.15) is 0 Å². The molecule has 102 valence electrons. The van der Waals surface area contributed by atoms with E-state index in [0.29, 0.717) is 15.5 Å². The predicted molar refractivity (Wildman–Crippen MR) is 82.3 cm³/mol. The lowest BCUT2D eigenvalue weighted by Gasteiger charge is -2.01. The molecule has 3 aromatic rings. The van der Waals surface area contributed by atoms with E-state index in [2.05, 4.69) is 4.98 Å². The zero-order valence-electron chi connectivity index (χ0n) is 11.0. The summed E-state index contributed by atoms with van der Waals surface area (Å²) >= 11 is 7.56. The molecule has 0 aliphatic heterocycles. The Hall–Kier alpha value is -1.78. The van der Waals surface area contributed by atoms with Gasteiger partial charge in [0.1, 0.15) is 5.75 Å². The number of ketones is 1. The number of aryl methyl sites for hydroxylation is 1. The van der Waals surface area contributed by atoms with Crippen molar-refractivity contribution in [1.29, 1.82) is 0 Å². The first kappa shape index (κ1) is 13.2. The number of halogens is 1. The number of methoxy groups -OCH3 is 1. The predicted octanol–water partition coefficient (Wildman–Crippen LogP) is 4.43. The van der Waals surface area contributed by atoms with Gasteiger partial charge in [-0.15, -0.1) is 11.3 Å². The van der Waals surface area contributed by atoms with E-state index in [-0.39, 0.29) is 5.78 Å². The van der Waals surface area contributed by atoms with Crippen LogP contribution < -0.4 is 4.74 Å². The van der Waals surface area contributed by atoms with Gasteiger partial charge in [0.2, 0.25) is 5.78 Å². The number of aromatic amines is 1. The molecule has 1 aromatic carbocycles. The first-order valence-corrected chi connectivity index (χ1v) is 7.31. The number of nitrogens with one attached hydrogen (secondary N) is 1. The van der Waals surface area contributed by atoms with Crippen LogP contribution in [0.5, 0.6) is 5.75 Å². The Kier molecular flexibility index (Phi) is 3.28. The minimum atomic E-state index is -0.0624. The first-order valence-electron chi connectivity index (χ1n) is 6.05. The topological polar surface area (TPSA) is 42.1 Å². The minimum absolute atomic E-state index is 0.0624. The van der Waals surface area contributed by atoms with Crippen molar-refractivity contribution in [2.24, 2.45) is 0 Å². The Bertz CT molecular complexity index is 803. The van der Waals surface area contributed by atoms with Crippen LogP contribution in [-0.2, 0) is 0 Å². The lowest BCUT2D eigenvalue weighted by molar-refractivity contribution is 0.104. The molecule has 2 heterocycles. The lowest BCUT2D eigenvalue weighted by Crippen LogP contribution is -1.98. The van der Waals surface area contributed by atoms with E-state index in [1.54, 1.807) is 13.3 Å². The monoisotopic (exact) mass is 305 g/mol. The number of benzene rings is 1. The zero-order valence-corrected chi connectivity index (χ0v) is 12.6. The van der Waals surface area contributed by atoms with Gasteiger partial charge in [-0.3, -0.25) is 4.79 Å². The standard InChI is InChI=1S/C15H12ClNO2S/c1-8-7-20-15(13(8)16)14(18)11-6-17-12-4-3-9(19-2)5-10(11)12/h3-7,17H,1-2H3. The second-order valence-corrected chi connectivity index (χ2v) is 5.76. The Morgan fingerprint density at radius 3 is 2.85 bits per heavy atom. The van der Waals surface area contributed by atoms with Gasteiger partial charge in [0.15, 0.2) is 0 Å². The molecule has 0 aliphatic rings. The highest BCUT2D eigenvalue weighted by Gasteiger charge is 2.19. The number of H-pyrrole nitrogens is 1. The number of carbonyl (C=O) groups excluding carboxylic acids is 1. The Labute approximate surface area is 125 Å². The van der Waals surface area contributed by atoms with Gasteiger partial charge in [-0.05, 0) is 36.1 Å². The molecule has 0 bridgehead atoms. The van der Waals surface area contributed by atoms with Crippen LogP contribution in [0, 0.1) is 6.92 Å². The van der Waals surface area contributed by atoms with E-state index in [1.807, 2.05) is 30.5 Å². The second kappa shape index (κ2) is 4.96. The normalized spacial score (nSPS) is 10.9. The van der Waals surface area contributed by atoms with E-state index in [4.69, 9.17) is 16.3 Å². The molecule has 3 nitrogen and oxygen atoms in total. The van der Waals surface area contributed by atoms with Crippen LogP contribution in [-0.4, -0.2) is 17.9 Å². The van der Waals surface area contributed by atoms with Crippen LogP contribution in [0.2, 0.25) is 5.02 Å². The van der Waals surface area contributed by atoms with Crippen molar-refractivity contribution < 1.29 is 9.53 Å². The number of rotatable bonds is 3. The molecule has 0 atom stereocenters. The van der Waals surface area contributed by atoms with Crippen LogP contribution in [0.3, 0.4) is 0 Å². The third-order valence-corrected chi connectivity index (χ3v) is 4.93. The van der Waals surface area contributed by atoms with Crippen molar-refractivity contribution in [2.75, 3.05) is 7.11 Å². The van der Waals surface area contributed by atoms with Gasteiger partial charge in [0, 0.05) is 22.7 Å². The van der Waals surface area contributed by atoms with Crippen molar-refractivity contribution in [3.63, 3.8) is 0 Å². The highest BCUT2D eigenvalue weighted by atomic mass is 35.5. The molecule has 20 heavy (non-hydrogen) atoms. The molecule has 0 saturated carbocycles. The van der Waals surface area contributed by atoms with E-state index in [1.165, 1.54) is 11.3 Å². The molecule has 0 amide bonds. The molecule has 5 heteroatoms. The van der Waals surface area contributed by atoms with Crippen molar-refractivity contribution in [3.8, 4) is 5.75 Å². The number of aromatic nitrogens is 1. The summed E-state index contributed by atoms with van der Waals surface area (Å²) in [5, 5.41) is 3.28. The molecular formula is C15H12ClNO2S. The molecule has 0 unspecified atom stereocenters. The van der Waals surface area contributed by atoms with E-state index in [9.17, 15) is 4.79 Å². The number of hydrogen-bond donors (Lipinski definition) is 1. The molecule has 0 radical (unpaired) electrons. The summed E-state index contributed by atoms with van der Waals surface area (Å²) in [6.45, 7) is 1.90. The Morgan fingerprint density at radius 2 is 2.20 bits per heavy atom. The largest absolute Gasteiger partial charge is 0.497 e. The van der Waals surface area contributed by atoms with Crippen LogP contribution >= 0.6 is 22.9 Å². The van der Waals surface area contributed by atoms with Gasteiger partial charge in [0.05, 0.1) is 17.0 Å². The van der Waals surface area contributed by atoms with Gasteiger partial charge >= 0.3 is 0 Å². The van der Waals surface area contributed by atoms with Crippen molar-refractivity contribution >= 4 is 39.6 Å². The molecule has 3 rings (SSSR count). The van der Waals surface area contributed by atoms with Gasteiger partial charge in [0.25, 0.3) is 0 Å². The number of ether oxygens (including phenoxy) is 1. The maximum Gasteiger partial charge on any atom is 0.206 e. The summed E-state index contributed by atoms with van der Waals surface area (Å²) in [5.74, 6) is 0.659. The Morgan fingerprint density at radius 1 is 1.40 bits per heavy atom. The summed E-state index contributed by atoms with van der Waals surface area (Å²) in [7, 11) is 1.61. The molecule has 0 spiro atoms. The SMILES string of the molecule is COc1ccc2[nH]cc(C(=O)c3scc(C)c3Cl)c2c1. The van der Waals surface area contributed by atoms with Crippen molar-refractivity contribution in [1.82, 2.24) is 4.98 Å². The van der Waals surface area contributed by atoms with Gasteiger partial charge in [-0.25, -0.2) is 0 Å². The maximum atomic E-state index is 12.6. The summed E-state index contributed by atoms with van der Waals surface area (Å²) in [5.41, 5.74) is 2.44. The number of carbonyl (C=O) groups is 1. The third kappa shape index (κ3) is 2.01. The number of fused-ring (bicyclic) bond motifs is 1. The van der Waals surface area contributed by atoms with Crippen LogP contribution in [0.25, 0.3) is 10.9 Å². The van der Waals surface area contributed by atoms with E-state index < -0.39 is 0 Å². The summed E-state index contributed by atoms with van der Waals surface area (Å²) in [6, 6.07) is 5.61. The van der Waals surface area contributed by atoms with E-state index in [0.717, 1.165) is 22.2 Å². The highest BCUT2D eigenvalue weighted by Crippen LogP contribution is 2.32. The van der Waals surface area contributed by atoms with Crippen LogP contribution in [0.1, 0.15) is 20.8 Å². The fourth-order valence-corrected chi connectivity index (χ4v) is 3.35. The zero-order chi connectivity index (χ0) is 14.3. The van der Waals surface area contributed by atoms with Crippen molar-refractivity contribution in [2.45, 2.75) is 6.92 Å². The quantitative estimate of drug-likeness (QED) is 0.727. The Balaban J connectivity index is 2.14. The number of thiophene rings is 1. The first-order chi connectivity index (χ1) is 9.61. The smallest absolute Gasteiger partial charge is 0.206 e. The van der Waals surface area contributed by atoms with Crippen LogP contribution in [0.4, 0.5) is 0 Å². The minimum Gasteiger partial charge on any atom is -0.497 e. The average Bonchev–Trinajstić information content (AvgIpc) is 3.02. The molecule has 1 N–H and O–H groups in total. The molecule has 2 aromatic heterocycles. The van der Waals surface area contributed by atoms with Gasteiger partial charge < -0.3 is 9.72 Å². The van der Waals surface area contributed by atoms with Crippen LogP contribution in [0.15, 0.2) is 29.8 Å². The lowest BCUT2D eigenvalue weighted by atomic mass is 10.1. The fourth-order valence-electron chi connectivity index (χ4n) is 2.12. The summed E-state index contributed by atoms with van der Waals surface area (Å²) < 4.78 is 5.21. The molecule has 0 fully saturated rings. The van der Waals surface area contributed by atoms with E-state index >= 15 is 0 Å². The average molecular weight is 306 g/mol. The molecule has 0 aliphatic carbocycles.